The Morgan fingerprint density at radius 2 is 1.96 bits per heavy atom. The molecule has 2 N–H and O–H groups in total. The van der Waals surface area contributed by atoms with Gasteiger partial charge >= 0.3 is 5.97 Å². The molecule has 2 saturated carbocycles. The van der Waals surface area contributed by atoms with E-state index in [2.05, 4.69) is 12.2 Å². The predicted molar refractivity (Wildman–Crippen MR) is 95.8 cm³/mol. The molecule has 3 aliphatic rings. The number of carbonyl (C=O) groups excluding carboxylic acids is 1. The van der Waals surface area contributed by atoms with Crippen LogP contribution in [0, 0.1) is 23.7 Å². The van der Waals surface area contributed by atoms with Gasteiger partial charge < -0.3 is 15.2 Å². The fraction of sp³-hybridized carbons (Fsp3) is 0.667. The third kappa shape index (κ3) is 3.00. The molecule has 1 aliphatic heterocycles. The number of nitrogens with one attached hydrogen (secondary N) is 1. The van der Waals surface area contributed by atoms with Crippen LogP contribution in [0.25, 0.3) is 0 Å². The lowest BCUT2D eigenvalue weighted by molar-refractivity contribution is -0.176. The largest absolute Gasteiger partial charge is 0.463 e. The third-order valence-corrected chi connectivity index (χ3v) is 6.78. The summed E-state index contributed by atoms with van der Waals surface area (Å²) in [6, 6.07) is 9.90. The summed E-state index contributed by atoms with van der Waals surface area (Å²) in [5.74, 6) is 1.24. The molecule has 0 amide bonds. The summed E-state index contributed by atoms with van der Waals surface area (Å²) in [7, 11) is 0. The molecule has 4 rings (SSSR count). The molecule has 136 valence electrons. The van der Waals surface area contributed by atoms with Crippen LogP contribution in [0.15, 0.2) is 30.3 Å². The molecule has 2 aliphatic carbocycles. The molecule has 3 fully saturated rings. The Morgan fingerprint density at radius 3 is 2.60 bits per heavy atom. The first-order chi connectivity index (χ1) is 12.1. The zero-order valence-electron chi connectivity index (χ0n) is 15.0. The van der Waals surface area contributed by atoms with E-state index >= 15 is 0 Å². The maximum absolute atomic E-state index is 13.0. The first kappa shape index (κ1) is 17.0. The molecule has 1 heterocycles. The topological polar surface area (TPSA) is 58.6 Å². The summed E-state index contributed by atoms with van der Waals surface area (Å²) in [5, 5.41) is 14.9. The van der Waals surface area contributed by atoms with Gasteiger partial charge in [-0.15, -0.1) is 0 Å². The van der Waals surface area contributed by atoms with Gasteiger partial charge in [0, 0.05) is 17.9 Å². The second-order valence-electron chi connectivity index (χ2n) is 8.17. The van der Waals surface area contributed by atoms with E-state index in [1.807, 2.05) is 30.3 Å². The Bertz CT molecular complexity index is 613. The van der Waals surface area contributed by atoms with E-state index in [0.717, 1.165) is 32.2 Å². The number of aliphatic hydroxyl groups is 1. The normalized spacial score (nSPS) is 34.2. The van der Waals surface area contributed by atoms with E-state index < -0.39 is 11.6 Å². The molecule has 0 aromatic heterocycles. The monoisotopic (exact) mass is 343 g/mol. The van der Waals surface area contributed by atoms with Crippen molar-refractivity contribution < 1.29 is 14.6 Å². The van der Waals surface area contributed by atoms with Gasteiger partial charge in [-0.3, -0.25) is 0 Å². The van der Waals surface area contributed by atoms with Gasteiger partial charge in [-0.1, -0.05) is 49.6 Å². The molecule has 0 bridgehead atoms. The van der Waals surface area contributed by atoms with Crippen molar-refractivity contribution in [1.82, 2.24) is 5.32 Å². The van der Waals surface area contributed by atoms with Gasteiger partial charge in [0.1, 0.15) is 0 Å². The second-order valence-corrected chi connectivity index (χ2v) is 8.17. The molecule has 1 saturated heterocycles. The Labute approximate surface area is 150 Å². The number of piperidine rings is 1. The first-order valence-electron chi connectivity index (χ1n) is 9.81. The van der Waals surface area contributed by atoms with Crippen molar-refractivity contribution in [3.05, 3.63) is 35.9 Å². The average molecular weight is 343 g/mol. The minimum Gasteiger partial charge on any atom is -0.463 e. The van der Waals surface area contributed by atoms with Gasteiger partial charge in [0.25, 0.3) is 0 Å². The predicted octanol–water partition coefficient (Wildman–Crippen LogP) is 2.85. The number of hydrogen-bond donors (Lipinski definition) is 2. The number of carbonyl (C=O) groups is 1. The van der Waals surface area contributed by atoms with Crippen molar-refractivity contribution in [3.63, 3.8) is 0 Å². The van der Waals surface area contributed by atoms with Crippen molar-refractivity contribution in [3.8, 4) is 0 Å². The van der Waals surface area contributed by atoms with E-state index in [0.29, 0.717) is 36.0 Å². The lowest BCUT2D eigenvalue weighted by Crippen LogP contribution is -2.45. The van der Waals surface area contributed by atoms with Crippen LogP contribution in [0.5, 0.6) is 0 Å². The second kappa shape index (κ2) is 6.73. The lowest BCUT2D eigenvalue weighted by atomic mass is 9.73. The molecule has 1 aromatic rings. The molecule has 5 atom stereocenters. The third-order valence-electron chi connectivity index (χ3n) is 6.78. The Balaban J connectivity index is 1.48. The van der Waals surface area contributed by atoms with Crippen molar-refractivity contribution in [1.29, 1.82) is 0 Å². The fourth-order valence-corrected chi connectivity index (χ4v) is 5.21. The van der Waals surface area contributed by atoms with Crippen LogP contribution in [0.3, 0.4) is 0 Å². The van der Waals surface area contributed by atoms with E-state index in [1.54, 1.807) is 0 Å². The summed E-state index contributed by atoms with van der Waals surface area (Å²) in [6.07, 6.45) is 5.10. The average Bonchev–Trinajstić information content (AvgIpc) is 3.24. The summed E-state index contributed by atoms with van der Waals surface area (Å²) in [4.78, 5) is 13.0. The standard InChI is InChI=1S/C21H29NO3/c1-14-19-17(12-22-14)18(19)13-25-20(23)21(24,15-8-4-2-5-9-15)16-10-6-3-7-11-16/h2,4-5,8-9,14,16-19,22,24H,3,6-7,10-13H2,1H3. The molecule has 1 aromatic carbocycles. The van der Waals surface area contributed by atoms with E-state index in [1.165, 1.54) is 6.42 Å². The Kier molecular flexibility index (Phi) is 4.59. The fourth-order valence-electron chi connectivity index (χ4n) is 5.21. The van der Waals surface area contributed by atoms with Gasteiger partial charge in [0.05, 0.1) is 6.61 Å². The van der Waals surface area contributed by atoms with Crippen molar-refractivity contribution in [2.75, 3.05) is 13.2 Å². The van der Waals surface area contributed by atoms with Crippen molar-refractivity contribution in [2.45, 2.75) is 50.7 Å². The molecule has 4 nitrogen and oxygen atoms in total. The Hall–Kier alpha value is -1.39. The maximum Gasteiger partial charge on any atom is 0.343 e. The van der Waals surface area contributed by atoms with Gasteiger partial charge in [-0.2, -0.15) is 0 Å². The van der Waals surface area contributed by atoms with Crippen molar-refractivity contribution >= 4 is 5.97 Å². The zero-order chi connectivity index (χ0) is 17.4. The minimum atomic E-state index is -1.50. The molecular formula is C21H29NO3. The van der Waals surface area contributed by atoms with Gasteiger partial charge in [0.15, 0.2) is 5.60 Å². The van der Waals surface area contributed by atoms with Crippen LogP contribution in [0.2, 0.25) is 0 Å². The highest BCUT2D eigenvalue weighted by Gasteiger charge is 2.57. The number of hydrogen-bond acceptors (Lipinski definition) is 4. The SMILES string of the molecule is CC1NCC2C(COC(=O)C(O)(c3ccccc3)C3CCCCC3)C12. The molecule has 4 heteroatoms. The number of esters is 1. The lowest BCUT2D eigenvalue weighted by Gasteiger charge is -2.36. The minimum absolute atomic E-state index is 0.0459. The van der Waals surface area contributed by atoms with Crippen LogP contribution >= 0.6 is 0 Å². The zero-order valence-corrected chi connectivity index (χ0v) is 15.0. The van der Waals surface area contributed by atoms with Crippen molar-refractivity contribution in [2.24, 2.45) is 23.7 Å². The van der Waals surface area contributed by atoms with Crippen LogP contribution < -0.4 is 5.32 Å². The summed E-state index contributed by atoms with van der Waals surface area (Å²) in [6.45, 7) is 3.68. The quantitative estimate of drug-likeness (QED) is 0.807. The molecule has 5 unspecified atom stereocenters. The van der Waals surface area contributed by atoms with Crippen LogP contribution in [-0.2, 0) is 15.1 Å². The van der Waals surface area contributed by atoms with Gasteiger partial charge in [-0.05, 0) is 43.7 Å². The molecule has 25 heavy (non-hydrogen) atoms. The molecular weight excluding hydrogens is 314 g/mol. The van der Waals surface area contributed by atoms with Gasteiger partial charge in [0.2, 0.25) is 0 Å². The number of ether oxygens (including phenoxy) is 1. The highest BCUT2D eigenvalue weighted by molar-refractivity contribution is 5.81. The van der Waals surface area contributed by atoms with E-state index in [-0.39, 0.29) is 5.92 Å². The summed E-state index contributed by atoms with van der Waals surface area (Å²) in [5.41, 5.74) is -0.826. The number of fused-ring (bicyclic) bond motifs is 1. The molecule has 0 spiro atoms. The highest BCUT2D eigenvalue weighted by Crippen LogP contribution is 2.52. The van der Waals surface area contributed by atoms with Crippen LogP contribution in [0.4, 0.5) is 0 Å². The highest BCUT2D eigenvalue weighted by atomic mass is 16.6. The maximum atomic E-state index is 13.0. The van der Waals surface area contributed by atoms with Crippen LogP contribution in [-0.4, -0.2) is 30.3 Å². The Morgan fingerprint density at radius 1 is 1.24 bits per heavy atom. The van der Waals surface area contributed by atoms with E-state index in [4.69, 9.17) is 4.74 Å². The van der Waals surface area contributed by atoms with Crippen LogP contribution in [0.1, 0.15) is 44.6 Å². The molecule has 0 radical (unpaired) electrons. The first-order valence-corrected chi connectivity index (χ1v) is 9.81. The van der Waals surface area contributed by atoms with Gasteiger partial charge in [-0.25, -0.2) is 4.79 Å². The number of benzene rings is 1. The summed E-state index contributed by atoms with van der Waals surface area (Å²) >= 11 is 0. The smallest absolute Gasteiger partial charge is 0.343 e. The summed E-state index contributed by atoms with van der Waals surface area (Å²) < 4.78 is 5.71. The van der Waals surface area contributed by atoms with E-state index in [9.17, 15) is 9.90 Å². The number of rotatable bonds is 5.